The van der Waals surface area contributed by atoms with Crippen LogP contribution in [0.5, 0.6) is 5.75 Å². The fourth-order valence-electron chi connectivity index (χ4n) is 1.98. The lowest BCUT2D eigenvalue weighted by atomic mass is 10.2. The van der Waals surface area contributed by atoms with Crippen molar-refractivity contribution in [2.45, 2.75) is 25.0 Å². The van der Waals surface area contributed by atoms with Crippen molar-refractivity contribution < 1.29 is 28.1 Å². The molecule has 0 bridgehead atoms. The Bertz CT molecular complexity index is 447. The van der Waals surface area contributed by atoms with Gasteiger partial charge in [0.2, 0.25) is 0 Å². The molecular formula is C14H17FO5. The predicted molar refractivity (Wildman–Crippen MR) is 68.5 cm³/mol. The van der Waals surface area contributed by atoms with Crippen LogP contribution < -0.4 is 4.74 Å². The first-order chi connectivity index (χ1) is 9.63. The van der Waals surface area contributed by atoms with Crippen molar-refractivity contribution in [2.75, 3.05) is 20.8 Å². The Kier molecular flexibility index (Phi) is 4.92. The van der Waals surface area contributed by atoms with Gasteiger partial charge in [-0.25, -0.2) is 9.18 Å². The summed E-state index contributed by atoms with van der Waals surface area (Å²) in [6.07, 6.45) is -2.38. The van der Waals surface area contributed by atoms with Gasteiger partial charge >= 0.3 is 5.97 Å². The first kappa shape index (κ1) is 14.7. The molecule has 1 aliphatic rings. The molecule has 0 spiro atoms. The lowest BCUT2D eigenvalue weighted by Crippen LogP contribution is -2.21. The molecule has 20 heavy (non-hydrogen) atoms. The van der Waals surface area contributed by atoms with Crippen LogP contribution in [0.3, 0.4) is 0 Å². The monoisotopic (exact) mass is 284 g/mol. The summed E-state index contributed by atoms with van der Waals surface area (Å²) in [5, 5.41) is 0. The number of esters is 1. The SMILES string of the molecule is COc1ccc(C(=O)OCC2CC(F)C(OC)O2)cc1. The quantitative estimate of drug-likeness (QED) is 0.774. The van der Waals surface area contributed by atoms with Crippen molar-refractivity contribution in [1.82, 2.24) is 0 Å². The molecule has 110 valence electrons. The molecule has 1 fully saturated rings. The molecule has 0 saturated carbocycles. The highest BCUT2D eigenvalue weighted by Gasteiger charge is 2.36. The second kappa shape index (κ2) is 6.67. The van der Waals surface area contributed by atoms with Crippen LogP contribution in [0.1, 0.15) is 16.8 Å². The Morgan fingerprint density at radius 1 is 1.35 bits per heavy atom. The van der Waals surface area contributed by atoms with Crippen LogP contribution in [-0.2, 0) is 14.2 Å². The molecule has 0 N–H and O–H groups in total. The topological polar surface area (TPSA) is 54.0 Å². The van der Waals surface area contributed by atoms with E-state index in [0.29, 0.717) is 11.3 Å². The Morgan fingerprint density at radius 3 is 2.60 bits per heavy atom. The van der Waals surface area contributed by atoms with Gasteiger partial charge in [-0.15, -0.1) is 0 Å². The van der Waals surface area contributed by atoms with Gasteiger partial charge < -0.3 is 18.9 Å². The third kappa shape index (κ3) is 3.46. The standard InChI is InChI=1S/C14H17FO5/c1-17-10-5-3-9(4-6-10)13(16)19-8-11-7-12(15)14(18-2)20-11/h3-6,11-12,14H,7-8H2,1-2H3. The van der Waals surface area contributed by atoms with Crippen molar-refractivity contribution in [2.24, 2.45) is 0 Å². The zero-order valence-corrected chi connectivity index (χ0v) is 11.4. The Hall–Kier alpha value is -1.66. The molecule has 0 radical (unpaired) electrons. The number of hydrogen-bond donors (Lipinski definition) is 0. The van der Waals surface area contributed by atoms with Crippen molar-refractivity contribution >= 4 is 5.97 Å². The lowest BCUT2D eigenvalue weighted by molar-refractivity contribution is -0.141. The van der Waals surface area contributed by atoms with Crippen molar-refractivity contribution in [3.8, 4) is 5.75 Å². The van der Waals surface area contributed by atoms with Gasteiger partial charge in [0.15, 0.2) is 12.5 Å². The Labute approximate surface area is 116 Å². The van der Waals surface area contributed by atoms with Gasteiger partial charge in [-0.2, -0.15) is 0 Å². The summed E-state index contributed by atoms with van der Waals surface area (Å²) in [5.74, 6) is 0.177. The second-order valence-electron chi connectivity index (χ2n) is 4.44. The molecule has 1 heterocycles. The molecule has 0 amide bonds. The first-order valence-electron chi connectivity index (χ1n) is 6.27. The Morgan fingerprint density at radius 2 is 2.05 bits per heavy atom. The van der Waals surface area contributed by atoms with Gasteiger partial charge in [0, 0.05) is 13.5 Å². The number of rotatable bonds is 5. The van der Waals surface area contributed by atoms with Gasteiger partial charge in [0.1, 0.15) is 12.4 Å². The normalized spacial score (nSPS) is 25.4. The predicted octanol–water partition coefficient (Wildman–Crippen LogP) is 1.95. The molecule has 3 unspecified atom stereocenters. The molecule has 1 aromatic rings. The number of carbonyl (C=O) groups excluding carboxylic acids is 1. The summed E-state index contributed by atoms with van der Waals surface area (Å²) in [4.78, 5) is 11.8. The highest BCUT2D eigenvalue weighted by molar-refractivity contribution is 5.89. The van der Waals surface area contributed by atoms with E-state index < -0.39 is 24.5 Å². The zero-order valence-electron chi connectivity index (χ0n) is 11.4. The number of hydrogen-bond acceptors (Lipinski definition) is 5. The van der Waals surface area contributed by atoms with E-state index >= 15 is 0 Å². The van der Waals surface area contributed by atoms with E-state index in [2.05, 4.69) is 0 Å². The fourth-order valence-corrected chi connectivity index (χ4v) is 1.98. The smallest absolute Gasteiger partial charge is 0.338 e. The summed E-state index contributed by atoms with van der Waals surface area (Å²) in [6, 6.07) is 6.54. The van der Waals surface area contributed by atoms with E-state index in [-0.39, 0.29) is 13.0 Å². The fraction of sp³-hybridized carbons (Fsp3) is 0.500. The van der Waals surface area contributed by atoms with Gasteiger partial charge in [-0.05, 0) is 24.3 Å². The van der Waals surface area contributed by atoms with E-state index in [9.17, 15) is 9.18 Å². The van der Waals surface area contributed by atoms with Crippen molar-refractivity contribution in [3.05, 3.63) is 29.8 Å². The lowest BCUT2D eigenvalue weighted by Gasteiger charge is -2.12. The summed E-state index contributed by atoms with van der Waals surface area (Å²) in [5.41, 5.74) is 0.406. The minimum atomic E-state index is -1.19. The van der Waals surface area contributed by atoms with E-state index in [1.54, 1.807) is 31.4 Å². The minimum Gasteiger partial charge on any atom is -0.497 e. The van der Waals surface area contributed by atoms with Gasteiger partial charge in [0.05, 0.1) is 18.8 Å². The molecule has 1 aromatic carbocycles. The highest BCUT2D eigenvalue weighted by atomic mass is 19.1. The third-order valence-electron chi connectivity index (χ3n) is 3.07. The molecule has 0 aliphatic carbocycles. The average Bonchev–Trinajstić information content (AvgIpc) is 2.85. The summed E-state index contributed by atoms with van der Waals surface area (Å²) in [6.45, 7) is 0.00510. The van der Waals surface area contributed by atoms with Crippen LogP contribution >= 0.6 is 0 Å². The average molecular weight is 284 g/mol. The Balaban J connectivity index is 1.83. The van der Waals surface area contributed by atoms with E-state index in [1.807, 2.05) is 0 Å². The highest BCUT2D eigenvalue weighted by Crippen LogP contribution is 2.24. The summed E-state index contributed by atoms with van der Waals surface area (Å²) in [7, 11) is 2.92. The zero-order chi connectivity index (χ0) is 14.5. The van der Waals surface area contributed by atoms with E-state index in [4.69, 9.17) is 18.9 Å². The van der Waals surface area contributed by atoms with Crippen molar-refractivity contribution in [1.29, 1.82) is 0 Å². The van der Waals surface area contributed by atoms with Gasteiger partial charge in [0.25, 0.3) is 0 Å². The van der Waals surface area contributed by atoms with Crippen LogP contribution in [0.15, 0.2) is 24.3 Å². The van der Waals surface area contributed by atoms with E-state index in [1.165, 1.54) is 7.11 Å². The van der Waals surface area contributed by atoms with Crippen LogP contribution in [0.2, 0.25) is 0 Å². The van der Waals surface area contributed by atoms with Crippen LogP contribution in [0, 0.1) is 0 Å². The number of carbonyl (C=O) groups is 1. The summed E-state index contributed by atoms with van der Waals surface area (Å²) >= 11 is 0. The number of benzene rings is 1. The maximum absolute atomic E-state index is 13.4. The number of halogens is 1. The minimum absolute atomic E-state index is 0.00510. The number of methoxy groups -OCH3 is 2. The molecule has 0 aromatic heterocycles. The maximum atomic E-state index is 13.4. The van der Waals surface area contributed by atoms with E-state index in [0.717, 1.165) is 0 Å². The molecule has 1 aliphatic heterocycles. The maximum Gasteiger partial charge on any atom is 0.338 e. The molecule has 6 heteroatoms. The van der Waals surface area contributed by atoms with Gasteiger partial charge in [-0.3, -0.25) is 0 Å². The number of alkyl halides is 1. The molecular weight excluding hydrogens is 267 g/mol. The molecule has 5 nitrogen and oxygen atoms in total. The molecule has 3 atom stereocenters. The van der Waals surface area contributed by atoms with Crippen LogP contribution in [0.4, 0.5) is 4.39 Å². The number of ether oxygens (including phenoxy) is 4. The summed E-state index contributed by atoms with van der Waals surface area (Å²) < 4.78 is 33.5. The first-order valence-corrected chi connectivity index (χ1v) is 6.27. The second-order valence-corrected chi connectivity index (χ2v) is 4.44. The van der Waals surface area contributed by atoms with Gasteiger partial charge in [-0.1, -0.05) is 0 Å². The van der Waals surface area contributed by atoms with Crippen LogP contribution in [0.25, 0.3) is 0 Å². The van der Waals surface area contributed by atoms with Crippen LogP contribution in [-0.4, -0.2) is 45.4 Å². The molecule has 2 rings (SSSR count). The van der Waals surface area contributed by atoms with Crippen molar-refractivity contribution in [3.63, 3.8) is 0 Å². The third-order valence-corrected chi connectivity index (χ3v) is 3.07. The largest absolute Gasteiger partial charge is 0.497 e. The molecule has 1 saturated heterocycles.